The number of aromatic amines is 1. The van der Waals surface area contributed by atoms with Gasteiger partial charge in [-0.15, -0.1) is 0 Å². The number of nitrogens with one attached hydrogen (secondary N) is 1. The van der Waals surface area contributed by atoms with Gasteiger partial charge in [-0.2, -0.15) is 0 Å². The summed E-state index contributed by atoms with van der Waals surface area (Å²) in [5.74, 6) is 0. The molecular weight excluding hydrogens is 296 g/mol. The van der Waals surface area contributed by atoms with Crippen LogP contribution in [0.1, 0.15) is 5.69 Å². The maximum absolute atomic E-state index is 6.15. The molecule has 0 saturated heterocycles. The molecule has 0 radical (unpaired) electrons. The number of benzene rings is 1. The van der Waals surface area contributed by atoms with Gasteiger partial charge in [0.15, 0.2) is 4.77 Å². The fourth-order valence-corrected chi connectivity index (χ4v) is 2.48. The van der Waals surface area contributed by atoms with Crippen LogP contribution >= 0.6 is 39.7 Å². The number of nitrogens with zero attached hydrogens (tertiary/aromatic N) is 1. The van der Waals surface area contributed by atoms with Crippen LogP contribution in [0.3, 0.4) is 0 Å². The normalized spacial score (nSPS) is 10.6. The van der Waals surface area contributed by atoms with Crippen molar-refractivity contribution in [2.75, 3.05) is 0 Å². The van der Waals surface area contributed by atoms with Crippen LogP contribution < -0.4 is 0 Å². The second-order valence-corrected chi connectivity index (χ2v) is 4.88. The summed E-state index contributed by atoms with van der Waals surface area (Å²) in [4.78, 5) is 2.98. The summed E-state index contributed by atoms with van der Waals surface area (Å²) in [5.41, 5.74) is 1.92. The van der Waals surface area contributed by atoms with Crippen molar-refractivity contribution >= 4 is 39.7 Å². The van der Waals surface area contributed by atoms with Crippen LogP contribution in [0.25, 0.3) is 5.69 Å². The molecule has 0 saturated carbocycles. The number of halogens is 2. The molecule has 1 heterocycles. The van der Waals surface area contributed by atoms with Crippen LogP contribution in [-0.4, -0.2) is 9.55 Å². The van der Waals surface area contributed by atoms with E-state index in [1.807, 2.05) is 35.9 Å². The fourth-order valence-electron chi connectivity index (χ4n) is 1.42. The van der Waals surface area contributed by atoms with Crippen LogP contribution in [0.5, 0.6) is 0 Å². The maximum atomic E-state index is 6.15. The van der Waals surface area contributed by atoms with Gasteiger partial charge >= 0.3 is 0 Å². The molecule has 0 unspecified atom stereocenters. The summed E-state index contributed by atoms with van der Waals surface area (Å²) < 4.78 is 3.51. The van der Waals surface area contributed by atoms with Crippen molar-refractivity contribution in [2.45, 2.75) is 6.92 Å². The van der Waals surface area contributed by atoms with Crippen molar-refractivity contribution < 1.29 is 0 Å². The van der Waals surface area contributed by atoms with E-state index in [9.17, 15) is 0 Å². The van der Waals surface area contributed by atoms with E-state index in [0.717, 1.165) is 15.9 Å². The Labute approximate surface area is 106 Å². The fraction of sp³-hybridized carbons (Fsp3) is 0.100. The highest BCUT2D eigenvalue weighted by atomic mass is 79.9. The summed E-state index contributed by atoms with van der Waals surface area (Å²) >= 11 is 14.7. The van der Waals surface area contributed by atoms with Gasteiger partial charge in [0, 0.05) is 16.4 Å². The van der Waals surface area contributed by atoms with Crippen LogP contribution in [0, 0.1) is 11.7 Å². The average molecular weight is 304 g/mol. The van der Waals surface area contributed by atoms with E-state index >= 15 is 0 Å². The summed E-state index contributed by atoms with van der Waals surface area (Å²) in [6, 6.07) is 5.73. The van der Waals surface area contributed by atoms with Gasteiger partial charge in [-0.1, -0.05) is 27.5 Å². The first-order valence-electron chi connectivity index (χ1n) is 4.32. The Bertz CT molecular complexity index is 559. The Balaban J connectivity index is 2.69. The standard InChI is InChI=1S/C10H8BrClN2S/c1-6-5-13-10(15)14(6)9-3-2-7(11)4-8(9)12/h2-5H,1H3,(H,13,15). The van der Waals surface area contributed by atoms with Gasteiger partial charge in [-0.05, 0) is 37.3 Å². The molecule has 2 nitrogen and oxygen atoms in total. The molecule has 0 bridgehead atoms. The third kappa shape index (κ3) is 2.02. The van der Waals surface area contributed by atoms with E-state index in [1.54, 1.807) is 0 Å². The van der Waals surface area contributed by atoms with Gasteiger partial charge in [0.05, 0.1) is 10.7 Å². The van der Waals surface area contributed by atoms with Crippen LogP contribution in [0.4, 0.5) is 0 Å². The van der Waals surface area contributed by atoms with Gasteiger partial charge in [0.1, 0.15) is 0 Å². The Kier molecular flexibility index (Phi) is 3.00. The van der Waals surface area contributed by atoms with Gasteiger partial charge in [-0.3, -0.25) is 4.57 Å². The molecule has 0 aliphatic rings. The molecule has 0 aliphatic carbocycles. The molecule has 1 aromatic carbocycles. The third-order valence-corrected chi connectivity index (χ3v) is 3.21. The average Bonchev–Trinajstić information content (AvgIpc) is 2.48. The zero-order valence-corrected chi connectivity index (χ0v) is 11.1. The minimum absolute atomic E-state index is 0.650. The van der Waals surface area contributed by atoms with Gasteiger partial charge in [0.2, 0.25) is 0 Å². The molecule has 2 rings (SSSR count). The topological polar surface area (TPSA) is 20.7 Å². The van der Waals surface area contributed by atoms with Gasteiger partial charge in [-0.25, -0.2) is 0 Å². The smallest absolute Gasteiger partial charge is 0.182 e. The van der Waals surface area contributed by atoms with E-state index in [-0.39, 0.29) is 0 Å². The van der Waals surface area contributed by atoms with E-state index in [4.69, 9.17) is 23.8 Å². The Morgan fingerprint density at radius 2 is 2.20 bits per heavy atom. The molecule has 2 aromatic rings. The first kappa shape index (κ1) is 10.9. The molecule has 0 amide bonds. The predicted octanol–water partition coefficient (Wildman–Crippen LogP) is 4.26. The lowest BCUT2D eigenvalue weighted by molar-refractivity contribution is 0.985. The highest BCUT2D eigenvalue weighted by molar-refractivity contribution is 9.10. The first-order chi connectivity index (χ1) is 7.09. The minimum atomic E-state index is 0.650. The van der Waals surface area contributed by atoms with Crippen molar-refractivity contribution in [3.8, 4) is 5.69 Å². The second-order valence-electron chi connectivity index (χ2n) is 3.17. The summed E-state index contributed by atoms with van der Waals surface area (Å²) in [6.07, 6.45) is 1.86. The molecule has 0 fully saturated rings. The molecule has 15 heavy (non-hydrogen) atoms. The number of imidazole rings is 1. The van der Waals surface area contributed by atoms with Gasteiger partial charge < -0.3 is 4.98 Å². The van der Waals surface area contributed by atoms with Crippen molar-refractivity contribution in [3.05, 3.63) is 44.4 Å². The van der Waals surface area contributed by atoms with Crippen molar-refractivity contribution in [2.24, 2.45) is 0 Å². The number of rotatable bonds is 1. The van der Waals surface area contributed by atoms with Crippen molar-refractivity contribution in [3.63, 3.8) is 0 Å². The summed E-state index contributed by atoms with van der Waals surface area (Å²) in [6.45, 7) is 1.98. The quantitative estimate of drug-likeness (QED) is 0.781. The lowest BCUT2D eigenvalue weighted by atomic mass is 10.3. The lowest BCUT2D eigenvalue weighted by Gasteiger charge is -2.07. The number of hydrogen-bond donors (Lipinski definition) is 1. The maximum Gasteiger partial charge on any atom is 0.182 e. The number of aromatic nitrogens is 2. The third-order valence-electron chi connectivity index (χ3n) is 2.11. The van der Waals surface area contributed by atoms with E-state index < -0.39 is 0 Å². The lowest BCUT2D eigenvalue weighted by Crippen LogP contribution is -1.97. The molecule has 0 atom stereocenters. The minimum Gasteiger partial charge on any atom is -0.337 e. The van der Waals surface area contributed by atoms with Crippen molar-refractivity contribution in [1.82, 2.24) is 9.55 Å². The van der Waals surface area contributed by atoms with Crippen molar-refractivity contribution in [1.29, 1.82) is 0 Å². The van der Waals surface area contributed by atoms with E-state index in [0.29, 0.717) is 9.79 Å². The van der Waals surface area contributed by atoms with Crippen LogP contribution in [0.15, 0.2) is 28.9 Å². The molecule has 5 heteroatoms. The summed E-state index contributed by atoms with van der Waals surface area (Å²) in [5, 5.41) is 0.670. The Morgan fingerprint density at radius 3 is 2.73 bits per heavy atom. The molecule has 1 N–H and O–H groups in total. The van der Waals surface area contributed by atoms with Crippen LogP contribution in [-0.2, 0) is 0 Å². The monoisotopic (exact) mass is 302 g/mol. The second kappa shape index (κ2) is 4.12. The summed E-state index contributed by atoms with van der Waals surface area (Å²) in [7, 11) is 0. The largest absolute Gasteiger partial charge is 0.337 e. The number of H-pyrrole nitrogens is 1. The Morgan fingerprint density at radius 1 is 1.47 bits per heavy atom. The first-order valence-corrected chi connectivity index (χ1v) is 5.90. The molecular formula is C10H8BrClN2S. The zero-order valence-electron chi connectivity index (χ0n) is 7.92. The highest BCUT2D eigenvalue weighted by Crippen LogP contribution is 2.25. The zero-order chi connectivity index (χ0) is 11.0. The molecule has 78 valence electrons. The molecule has 0 aliphatic heterocycles. The molecule has 0 spiro atoms. The molecule has 1 aromatic heterocycles. The predicted molar refractivity (Wildman–Crippen MR) is 68.4 cm³/mol. The number of hydrogen-bond acceptors (Lipinski definition) is 1. The number of aryl methyl sites for hydroxylation is 1. The van der Waals surface area contributed by atoms with E-state index in [1.165, 1.54) is 0 Å². The van der Waals surface area contributed by atoms with Gasteiger partial charge in [0.25, 0.3) is 0 Å². The Hall–Kier alpha value is -0.580. The van der Waals surface area contributed by atoms with E-state index in [2.05, 4.69) is 20.9 Å². The highest BCUT2D eigenvalue weighted by Gasteiger charge is 2.06. The SMILES string of the molecule is Cc1c[nH]c(=S)n1-c1ccc(Br)cc1Cl. The van der Waals surface area contributed by atoms with Crippen LogP contribution in [0.2, 0.25) is 5.02 Å².